The number of halogens is 1. The Kier molecular flexibility index (Phi) is 4.65. The van der Waals surface area contributed by atoms with Gasteiger partial charge in [-0.2, -0.15) is 0 Å². The summed E-state index contributed by atoms with van der Waals surface area (Å²) >= 11 is 0. The lowest BCUT2D eigenvalue weighted by atomic mass is 9.84. The maximum atomic E-state index is 13.5. The molecule has 1 amide bonds. The summed E-state index contributed by atoms with van der Waals surface area (Å²) < 4.78 is 13.5. The van der Waals surface area contributed by atoms with Crippen molar-refractivity contribution < 1.29 is 19.1 Å². The normalized spacial score (nSPS) is 17.4. The van der Waals surface area contributed by atoms with Crippen molar-refractivity contribution in [3.63, 3.8) is 0 Å². The summed E-state index contributed by atoms with van der Waals surface area (Å²) in [6, 6.07) is 0.278. The zero-order chi connectivity index (χ0) is 14.5. The average Bonchev–Trinajstić information content (AvgIpc) is 2.45. The Bertz CT molecular complexity index is 501. The van der Waals surface area contributed by atoms with Crippen LogP contribution in [0.4, 0.5) is 4.39 Å². The molecule has 1 saturated carbocycles. The lowest BCUT2D eigenvalue weighted by molar-refractivity contribution is -0.141. The van der Waals surface area contributed by atoms with E-state index in [4.69, 9.17) is 0 Å². The molecular weight excluding hydrogens is 263 g/mol. The van der Waals surface area contributed by atoms with Crippen molar-refractivity contribution in [3.05, 3.63) is 29.8 Å². The number of carboxylic acids is 1. The van der Waals surface area contributed by atoms with Crippen LogP contribution in [0.3, 0.4) is 0 Å². The summed E-state index contributed by atoms with van der Waals surface area (Å²) in [5.74, 6) is -2.62. The summed E-state index contributed by atoms with van der Waals surface area (Å²) in [5, 5.41) is 11.7. The fourth-order valence-electron chi connectivity index (χ4n) is 2.63. The fourth-order valence-corrected chi connectivity index (χ4v) is 2.63. The minimum absolute atomic E-state index is 0.0879. The van der Waals surface area contributed by atoms with E-state index in [-0.39, 0.29) is 11.5 Å². The lowest BCUT2D eigenvalue weighted by Crippen LogP contribution is -2.46. The van der Waals surface area contributed by atoms with Crippen LogP contribution < -0.4 is 5.32 Å². The SMILES string of the molecule is O=C(NC(C(=O)O)C1CCCCC1)c1ccncc1F. The second-order valence-electron chi connectivity index (χ2n) is 5.04. The molecule has 1 fully saturated rings. The van der Waals surface area contributed by atoms with Crippen molar-refractivity contribution in [1.82, 2.24) is 10.3 Å². The number of aromatic nitrogens is 1. The van der Waals surface area contributed by atoms with Crippen molar-refractivity contribution in [1.29, 1.82) is 0 Å². The van der Waals surface area contributed by atoms with Gasteiger partial charge in [0.05, 0.1) is 11.8 Å². The summed E-state index contributed by atoms with van der Waals surface area (Å²) in [6.07, 6.45) is 6.81. The molecule has 0 spiro atoms. The van der Waals surface area contributed by atoms with Crippen molar-refractivity contribution >= 4 is 11.9 Å². The van der Waals surface area contributed by atoms with Crippen LogP contribution in [0.5, 0.6) is 0 Å². The van der Waals surface area contributed by atoms with E-state index >= 15 is 0 Å². The third-order valence-corrected chi connectivity index (χ3v) is 3.69. The minimum Gasteiger partial charge on any atom is -0.480 e. The van der Waals surface area contributed by atoms with Crippen LogP contribution in [0.1, 0.15) is 42.5 Å². The van der Waals surface area contributed by atoms with E-state index in [1.807, 2.05) is 0 Å². The first-order valence-corrected chi connectivity index (χ1v) is 6.73. The van der Waals surface area contributed by atoms with Gasteiger partial charge in [0.2, 0.25) is 0 Å². The van der Waals surface area contributed by atoms with E-state index in [1.165, 1.54) is 12.3 Å². The van der Waals surface area contributed by atoms with Gasteiger partial charge in [0, 0.05) is 6.20 Å². The Morgan fingerprint density at radius 3 is 2.65 bits per heavy atom. The molecule has 0 saturated heterocycles. The van der Waals surface area contributed by atoms with Crippen molar-refractivity contribution in [2.24, 2.45) is 5.92 Å². The monoisotopic (exact) mass is 280 g/mol. The van der Waals surface area contributed by atoms with Crippen molar-refractivity contribution in [2.75, 3.05) is 0 Å². The van der Waals surface area contributed by atoms with Crippen LogP contribution in [-0.4, -0.2) is 28.0 Å². The molecule has 1 heterocycles. The summed E-state index contributed by atoms with van der Waals surface area (Å²) in [5.41, 5.74) is -0.179. The molecule has 1 unspecified atom stereocenters. The summed E-state index contributed by atoms with van der Waals surface area (Å²) in [7, 11) is 0. The van der Waals surface area contributed by atoms with Crippen molar-refractivity contribution in [2.45, 2.75) is 38.1 Å². The first-order chi connectivity index (χ1) is 9.59. The highest BCUT2D eigenvalue weighted by molar-refractivity contribution is 5.96. The summed E-state index contributed by atoms with van der Waals surface area (Å²) in [6.45, 7) is 0. The molecule has 1 aliphatic rings. The molecule has 1 aromatic rings. The fraction of sp³-hybridized carbons (Fsp3) is 0.500. The van der Waals surface area contributed by atoms with Gasteiger partial charge in [-0.05, 0) is 24.8 Å². The maximum Gasteiger partial charge on any atom is 0.326 e. The van der Waals surface area contributed by atoms with Gasteiger partial charge in [-0.15, -0.1) is 0 Å². The standard InChI is InChI=1S/C14H17FN2O3/c15-11-8-16-7-6-10(11)13(18)17-12(14(19)20)9-4-2-1-3-5-9/h6-9,12H,1-5H2,(H,17,18)(H,19,20). The van der Waals surface area contributed by atoms with Crippen molar-refractivity contribution in [3.8, 4) is 0 Å². The number of carboxylic acid groups (broad SMARTS) is 1. The van der Waals surface area contributed by atoms with Crippen LogP contribution in [0, 0.1) is 11.7 Å². The highest BCUT2D eigenvalue weighted by Gasteiger charge is 2.31. The second kappa shape index (κ2) is 6.45. The van der Waals surface area contributed by atoms with E-state index in [0.29, 0.717) is 0 Å². The van der Waals surface area contributed by atoms with Gasteiger partial charge in [0.25, 0.3) is 5.91 Å². The first-order valence-electron chi connectivity index (χ1n) is 6.73. The Balaban J connectivity index is 2.10. The van der Waals surface area contributed by atoms with Crippen LogP contribution in [0.2, 0.25) is 0 Å². The number of hydrogen-bond donors (Lipinski definition) is 2. The van der Waals surface area contributed by atoms with Crippen LogP contribution >= 0.6 is 0 Å². The molecule has 6 heteroatoms. The third kappa shape index (κ3) is 3.31. The van der Waals surface area contributed by atoms with Gasteiger partial charge >= 0.3 is 5.97 Å². The van der Waals surface area contributed by atoms with E-state index in [9.17, 15) is 19.1 Å². The predicted molar refractivity (Wildman–Crippen MR) is 69.7 cm³/mol. The zero-order valence-corrected chi connectivity index (χ0v) is 11.0. The molecule has 108 valence electrons. The van der Waals surface area contributed by atoms with Gasteiger partial charge in [-0.3, -0.25) is 9.78 Å². The lowest BCUT2D eigenvalue weighted by Gasteiger charge is -2.28. The first kappa shape index (κ1) is 14.4. The number of nitrogens with zero attached hydrogens (tertiary/aromatic N) is 1. The number of carbonyl (C=O) groups is 2. The molecule has 0 radical (unpaired) electrons. The molecule has 20 heavy (non-hydrogen) atoms. The molecule has 1 aromatic heterocycles. The predicted octanol–water partition coefficient (Wildman–Crippen LogP) is 1.98. The average molecular weight is 280 g/mol. The second-order valence-corrected chi connectivity index (χ2v) is 5.04. The van der Waals surface area contributed by atoms with Gasteiger partial charge < -0.3 is 10.4 Å². The largest absolute Gasteiger partial charge is 0.480 e. The van der Waals surface area contributed by atoms with Gasteiger partial charge in [-0.1, -0.05) is 19.3 Å². The number of carbonyl (C=O) groups excluding carboxylic acids is 1. The van der Waals surface area contributed by atoms with Gasteiger partial charge in [0.15, 0.2) is 5.82 Å². The Morgan fingerprint density at radius 1 is 1.35 bits per heavy atom. The van der Waals surface area contributed by atoms with E-state index in [0.717, 1.165) is 38.3 Å². The number of pyridine rings is 1. The highest BCUT2D eigenvalue weighted by Crippen LogP contribution is 2.26. The number of aliphatic carboxylic acids is 1. The van der Waals surface area contributed by atoms with Crippen LogP contribution in [0.15, 0.2) is 18.5 Å². The van der Waals surface area contributed by atoms with E-state index in [1.54, 1.807) is 0 Å². The molecule has 0 bridgehead atoms. The molecule has 5 nitrogen and oxygen atoms in total. The molecule has 1 atom stereocenters. The summed E-state index contributed by atoms with van der Waals surface area (Å²) in [4.78, 5) is 26.9. The molecule has 0 aromatic carbocycles. The number of hydrogen-bond acceptors (Lipinski definition) is 3. The van der Waals surface area contributed by atoms with Gasteiger partial charge in [0.1, 0.15) is 6.04 Å². The van der Waals surface area contributed by atoms with Crippen LogP contribution in [-0.2, 0) is 4.79 Å². The molecule has 2 rings (SSSR count). The van der Waals surface area contributed by atoms with Gasteiger partial charge in [-0.25, -0.2) is 9.18 Å². The van der Waals surface area contributed by atoms with E-state index < -0.39 is 23.7 Å². The molecule has 0 aliphatic heterocycles. The quantitative estimate of drug-likeness (QED) is 0.884. The topological polar surface area (TPSA) is 79.3 Å². The number of rotatable bonds is 4. The Hall–Kier alpha value is -1.98. The van der Waals surface area contributed by atoms with Crippen LogP contribution in [0.25, 0.3) is 0 Å². The molecule has 2 N–H and O–H groups in total. The maximum absolute atomic E-state index is 13.5. The smallest absolute Gasteiger partial charge is 0.326 e. The molecular formula is C14H17FN2O3. The Labute approximate surface area is 116 Å². The molecule has 1 aliphatic carbocycles. The minimum atomic E-state index is -1.07. The number of amides is 1. The number of nitrogens with one attached hydrogen (secondary N) is 1. The third-order valence-electron chi connectivity index (χ3n) is 3.69. The van der Waals surface area contributed by atoms with E-state index in [2.05, 4.69) is 10.3 Å². The zero-order valence-electron chi connectivity index (χ0n) is 11.0. The Morgan fingerprint density at radius 2 is 2.05 bits per heavy atom. The highest BCUT2D eigenvalue weighted by atomic mass is 19.1.